The number of phenols is 1. The third kappa shape index (κ3) is 7.91. The fraction of sp³-hybridized carbons (Fsp3) is 0.250. The van der Waals surface area contributed by atoms with Crippen LogP contribution in [0.25, 0.3) is 61.6 Å². The van der Waals surface area contributed by atoms with E-state index < -0.39 is 0 Å². The third-order valence-corrected chi connectivity index (χ3v) is 14.5. The molecule has 7 aromatic carbocycles. The molecular weight excluding hydrogens is 870 g/mol. The van der Waals surface area contributed by atoms with Gasteiger partial charge in [-0.1, -0.05) is 180 Å². The van der Waals surface area contributed by atoms with Crippen LogP contribution >= 0.6 is 0 Å². The molecule has 6 nitrogen and oxygen atoms in total. The molecule has 354 valence electrons. The van der Waals surface area contributed by atoms with E-state index in [1.807, 2.05) is 24.4 Å². The van der Waals surface area contributed by atoms with Crippen LogP contribution in [0.15, 0.2) is 152 Å². The summed E-state index contributed by atoms with van der Waals surface area (Å²) in [6, 6.07) is 51.7. The number of pyridine rings is 1. The number of benzene rings is 7. The summed E-state index contributed by atoms with van der Waals surface area (Å²) in [6.45, 7) is 26.7. The number of nitrogens with zero attached hydrogens (tertiary/aromatic N) is 3. The molecule has 0 spiro atoms. The van der Waals surface area contributed by atoms with Gasteiger partial charge in [0.1, 0.15) is 34.5 Å². The Morgan fingerprint density at radius 3 is 1.76 bits per heavy atom. The van der Waals surface area contributed by atoms with E-state index in [0.29, 0.717) is 22.9 Å². The predicted octanol–water partition coefficient (Wildman–Crippen LogP) is 14.7. The van der Waals surface area contributed by atoms with Crippen LogP contribution in [-0.4, -0.2) is 26.4 Å². The molecule has 0 bridgehead atoms. The monoisotopic (exact) mass is 931 g/mol. The molecule has 11 rings (SSSR count). The number of ether oxygens (including phenoxy) is 2. The zero-order chi connectivity index (χ0) is 49.9. The van der Waals surface area contributed by atoms with Crippen LogP contribution in [0.4, 0.5) is 0 Å². The van der Waals surface area contributed by atoms with Crippen molar-refractivity contribution in [2.24, 2.45) is 0 Å². The Bertz CT molecular complexity index is 3590. The first-order valence-corrected chi connectivity index (χ1v) is 25.0. The largest absolute Gasteiger partial charge is 0.507 e. The molecule has 4 heterocycles. The minimum Gasteiger partial charge on any atom is -0.507 e. The number of phenolic OH excluding ortho intramolecular Hbond substituents is 1. The van der Waals surface area contributed by atoms with Gasteiger partial charge in [0, 0.05) is 27.7 Å². The fourth-order valence-electron chi connectivity index (χ4n) is 10.5. The van der Waals surface area contributed by atoms with Gasteiger partial charge >= 0.3 is 0 Å². The van der Waals surface area contributed by atoms with E-state index in [-0.39, 0.29) is 34.1 Å². The van der Waals surface area contributed by atoms with Crippen molar-refractivity contribution in [3.05, 3.63) is 174 Å². The molecule has 1 N–H and O–H groups in total. The standard InChI is InChI=1S/C64H62BN3O3/c1-61(2,3)41-29-30-50(45(34-41)38-21-14-13-15-22-38)68-51-26-20-23-44(57(51)67-60(68)46-35-43(63(7,8)9)36-47(58(46)69)64(10,11)12)39-31-40(33-42(32-39)62(4,5)6)56-59-55-54(37-66-56)70-52-27-18-16-24-48(52)65(55)49-25-17-19-28-53(49)71-59/h13-37,69H,1-12H3. The molecule has 71 heavy (non-hydrogen) atoms. The van der Waals surface area contributed by atoms with Gasteiger partial charge in [0.15, 0.2) is 5.75 Å². The van der Waals surface area contributed by atoms with Gasteiger partial charge in [-0.15, -0.1) is 0 Å². The van der Waals surface area contributed by atoms with Crippen molar-refractivity contribution in [1.29, 1.82) is 0 Å². The highest BCUT2D eigenvalue weighted by Crippen LogP contribution is 2.47. The molecule has 0 aliphatic carbocycles. The quantitative estimate of drug-likeness (QED) is 0.174. The third-order valence-electron chi connectivity index (χ3n) is 14.5. The molecule has 0 saturated heterocycles. The minimum absolute atomic E-state index is 0.0803. The average Bonchev–Trinajstić information content (AvgIpc) is 3.72. The van der Waals surface area contributed by atoms with Gasteiger partial charge in [-0.3, -0.25) is 4.57 Å². The van der Waals surface area contributed by atoms with Crippen molar-refractivity contribution in [2.45, 2.75) is 105 Å². The van der Waals surface area contributed by atoms with Gasteiger partial charge in [0.2, 0.25) is 0 Å². The van der Waals surface area contributed by atoms with Crippen molar-refractivity contribution in [2.75, 3.05) is 0 Å². The number of hydrogen-bond acceptors (Lipinski definition) is 5. The second kappa shape index (κ2) is 16.3. The van der Waals surface area contributed by atoms with Crippen LogP contribution in [0.1, 0.15) is 105 Å². The summed E-state index contributed by atoms with van der Waals surface area (Å²) in [5.74, 6) is 3.98. The molecule has 0 radical (unpaired) electrons. The minimum atomic E-state index is -0.346. The van der Waals surface area contributed by atoms with Crippen LogP contribution in [0.3, 0.4) is 0 Å². The van der Waals surface area contributed by atoms with Gasteiger partial charge in [0.25, 0.3) is 6.71 Å². The summed E-state index contributed by atoms with van der Waals surface area (Å²) in [6.07, 6.45) is 1.87. The van der Waals surface area contributed by atoms with Crippen molar-refractivity contribution in [3.8, 4) is 79.3 Å². The summed E-state index contributed by atoms with van der Waals surface area (Å²) in [7, 11) is 0. The summed E-state index contributed by atoms with van der Waals surface area (Å²) >= 11 is 0. The number of rotatable bonds is 5. The lowest BCUT2D eigenvalue weighted by molar-refractivity contribution is 0.446. The summed E-state index contributed by atoms with van der Waals surface area (Å²) < 4.78 is 15.8. The van der Waals surface area contributed by atoms with Crippen LogP contribution < -0.4 is 25.9 Å². The normalized spacial score (nSPS) is 13.3. The summed E-state index contributed by atoms with van der Waals surface area (Å²) in [5, 5.41) is 12.7. The average molecular weight is 932 g/mol. The lowest BCUT2D eigenvalue weighted by Gasteiger charge is -2.33. The zero-order valence-corrected chi connectivity index (χ0v) is 43.1. The van der Waals surface area contributed by atoms with Crippen molar-refractivity contribution in [3.63, 3.8) is 0 Å². The highest BCUT2D eigenvalue weighted by Gasteiger charge is 2.42. The maximum absolute atomic E-state index is 12.7. The predicted molar refractivity (Wildman–Crippen MR) is 295 cm³/mol. The summed E-state index contributed by atoms with van der Waals surface area (Å²) in [5.41, 5.74) is 16.0. The zero-order valence-electron chi connectivity index (χ0n) is 43.1. The SMILES string of the molecule is CC(C)(C)c1cc(-c2ncc3c4c2Oc2ccccc2B4c2ccccc2O3)cc(-c2cccc3c2nc(-c2cc(C(C)(C)C)cc(C(C)(C)C)c2O)n3-c2ccc(C(C)(C)C)cc2-c2ccccc2)c1. The Hall–Kier alpha value is -7.38. The molecular formula is C64H62BN3O3. The fourth-order valence-corrected chi connectivity index (χ4v) is 10.5. The van der Waals surface area contributed by atoms with E-state index >= 15 is 0 Å². The van der Waals surface area contributed by atoms with Gasteiger partial charge < -0.3 is 14.6 Å². The number of imidazole rings is 1. The lowest BCUT2D eigenvalue weighted by atomic mass is 9.35. The molecule has 0 atom stereocenters. The maximum atomic E-state index is 12.7. The number of para-hydroxylation sites is 3. The van der Waals surface area contributed by atoms with E-state index in [2.05, 4.69) is 215 Å². The number of hydrogen-bond donors (Lipinski definition) is 1. The van der Waals surface area contributed by atoms with Crippen molar-refractivity contribution >= 4 is 34.1 Å². The van der Waals surface area contributed by atoms with Gasteiger partial charge in [0.05, 0.1) is 28.5 Å². The van der Waals surface area contributed by atoms with E-state index in [4.69, 9.17) is 19.4 Å². The van der Waals surface area contributed by atoms with E-state index in [9.17, 15) is 5.11 Å². The molecule has 0 saturated carbocycles. The van der Waals surface area contributed by atoms with E-state index in [1.165, 1.54) is 5.56 Å². The summed E-state index contributed by atoms with van der Waals surface area (Å²) in [4.78, 5) is 10.9. The van der Waals surface area contributed by atoms with Crippen LogP contribution in [0.2, 0.25) is 0 Å². The Balaban J connectivity index is 1.20. The van der Waals surface area contributed by atoms with Crippen molar-refractivity contribution < 1.29 is 14.6 Å². The van der Waals surface area contributed by atoms with Gasteiger partial charge in [-0.05, 0) is 109 Å². The van der Waals surface area contributed by atoms with E-state index in [1.54, 1.807) is 0 Å². The first-order chi connectivity index (χ1) is 33.6. The molecule has 2 aliphatic heterocycles. The smallest absolute Gasteiger partial charge is 0.260 e. The Morgan fingerprint density at radius 2 is 1.10 bits per heavy atom. The van der Waals surface area contributed by atoms with Crippen LogP contribution in [-0.2, 0) is 21.7 Å². The first kappa shape index (κ1) is 46.0. The molecule has 2 aliphatic rings. The maximum Gasteiger partial charge on any atom is 0.260 e. The Morgan fingerprint density at radius 1 is 0.493 bits per heavy atom. The number of aromatic hydroxyl groups is 1. The highest BCUT2D eigenvalue weighted by atomic mass is 16.5. The first-order valence-electron chi connectivity index (χ1n) is 25.0. The molecule has 0 amide bonds. The van der Waals surface area contributed by atoms with Gasteiger partial charge in [-0.25, -0.2) is 9.97 Å². The second-order valence-corrected chi connectivity index (χ2v) is 23.7. The molecule has 0 fully saturated rings. The van der Waals surface area contributed by atoms with E-state index in [0.717, 1.165) is 94.8 Å². The molecule has 0 unspecified atom stereocenters. The van der Waals surface area contributed by atoms with Crippen molar-refractivity contribution in [1.82, 2.24) is 14.5 Å². The lowest BCUT2D eigenvalue weighted by Crippen LogP contribution is -2.57. The van der Waals surface area contributed by atoms with Crippen LogP contribution in [0.5, 0.6) is 28.7 Å². The second-order valence-electron chi connectivity index (χ2n) is 23.7. The Kier molecular flexibility index (Phi) is 10.6. The Labute approximate surface area is 419 Å². The highest BCUT2D eigenvalue weighted by molar-refractivity contribution is 6.98. The molecule has 7 heteroatoms. The number of fused-ring (bicyclic) bond motifs is 5. The van der Waals surface area contributed by atoms with Crippen LogP contribution in [0, 0.1) is 0 Å². The number of aromatic nitrogens is 3. The topological polar surface area (TPSA) is 69.4 Å². The molecule has 9 aromatic rings. The molecule has 2 aromatic heterocycles. The van der Waals surface area contributed by atoms with Gasteiger partial charge in [-0.2, -0.15) is 0 Å².